The summed E-state index contributed by atoms with van der Waals surface area (Å²) in [6.45, 7) is 3.34. The number of hydrogen-bond acceptors (Lipinski definition) is 2. The molecule has 0 saturated carbocycles. The first-order valence-corrected chi connectivity index (χ1v) is 5.44. The van der Waals surface area contributed by atoms with Gasteiger partial charge in [0.1, 0.15) is 0 Å². The van der Waals surface area contributed by atoms with Gasteiger partial charge in [0.25, 0.3) is 0 Å². The lowest BCUT2D eigenvalue weighted by Crippen LogP contribution is -2.07. The molecule has 80 valence electrons. The molecule has 0 N–H and O–H groups in total. The van der Waals surface area contributed by atoms with Gasteiger partial charge in [0.05, 0.1) is 0 Å². The van der Waals surface area contributed by atoms with Crippen molar-refractivity contribution in [2.75, 3.05) is 13.2 Å². The maximum atomic E-state index is 11.4. The van der Waals surface area contributed by atoms with Crippen molar-refractivity contribution < 1.29 is 9.53 Å². The monoisotopic (exact) mass is 204 g/mol. The molecule has 0 aliphatic carbocycles. The number of rotatable bonds is 3. The predicted molar refractivity (Wildman–Crippen MR) is 59.1 cm³/mol. The molecule has 1 aliphatic rings. The van der Waals surface area contributed by atoms with Gasteiger partial charge in [-0.05, 0) is 31.2 Å². The minimum absolute atomic E-state index is 0.157. The summed E-state index contributed by atoms with van der Waals surface area (Å²) < 4.78 is 5.34. The lowest BCUT2D eigenvalue weighted by Gasteiger charge is -2.10. The molecule has 2 rings (SSSR count). The fraction of sp³-hybridized carbons (Fsp3) is 0.462. The van der Waals surface area contributed by atoms with Gasteiger partial charge in [0.2, 0.25) is 0 Å². The minimum atomic E-state index is 0.157. The van der Waals surface area contributed by atoms with Crippen LogP contribution in [0.1, 0.15) is 29.3 Å². The molecule has 1 saturated heterocycles. The first-order valence-electron chi connectivity index (χ1n) is 5.44. The van der Waals surface area contributed by atoms with Crippen LogP contribution >= 0.6 is 0 Å². The van der Waals surface area contributed by atoms with Crippen molar-refractivity contribution in [3.63, 3.8) is 0 Å². The Kier molecular flexibility index (Phi) is 3.17. The lowest BCUT2D eigenvalue weighted by atomic mass is 9.94. The fourth-order valence-electron chi connectivity index (χ4n) is 2.10. The zero-order chi connectivity index (χ0) is 10.7. The highest BCUT2D eigenvalue weighted by Gasteiger charge is 2.18. The van der Waals surface area contributed by atoms with Crippen LogP contribution in [0, 0.1) is 5.92 Å². The van der Waals surface area contributed by atoms with Gasteiger partial charge in [0.15, 0.2) is 5.78 Å². The molecule has 0 bridgehead atoms. The number of Topliss-reactive ketones (excluding diaryl/α,β-unsaturated/α-hetero) is 1. The third kappa shape index (κ3) is 2.45. The summed E-state index contributed by atoms with van der Waals surface area (Å²) >= 11 is 0. The normalized spacial score (nSPS) is 20.5. The van der Waals surface area contributed by atoms with Crippen molar-refractivity contribution in [2.24, 2.45) is 5.92 Å². The second-order valence-electron chi connectivity index (χ2n) is 4.15. The molecular formula is C13H16O2. The van der Waals surface area contributed by atoms with Crippen molar-refractivity contribution in [2.45, 2.75) is 19.8 Å². The van der Waals surface area contributed by atoms with Crippen LogP contribution < -0.4 is 0 Å². The van der Waals surface area contributed by atoms with E-state index in [1.807, 2.05) is 18.2 Å². The van der Waals surface area contributed by atoms with Crippen molar-refractivity contribution in [3.8, 4) is 0 Å². The SMILES string of the molecule is CC(=O)c1ccccc1CC1CCOC1. The summed E-state index contributed by atoms with van der Waals surface area (Å²) in [6, 6.07) is 7.88. The Morgan fingerprint density at radius 2 is 2.27 bits per heavy atom. The Morgan fingerprint density at radius 3 is 2.93 bits per heavy atom. The van der Waals surface area contributed by atoms with E-state index >= 15 is 0 Å². The molecule has 1 heterocycles. The van der Waals surface area contributed by atoms with Gasteiger partial charge in [-0.25, -0.2) is 0 Å². The van der Waals surface area contributed by atoms with E-state index in [1.165, 1.54) is 5.56 Å². The first kappa shape index (κ1) is 10.4. The molecule has 2 heteroatoms. The Labute approximate surface area is 90.3 Å². The molecule has 1 aliphatic heterocycles. The Morgan fingerprint density at radius 1 is 1.47 bits per heavy atom. The van der Waals surface area contributed by atoms with Crippen LogP contribution in [-0.4, -0.2) is 19.0 Å². The van der Waals surface area contributed by atoms with E-state index in [2.05, 4.69) is 6.07 Å². The zero-order valence-electron chi connectivity index (χ0n) is 9.03. The molecule has 1 aromatic carbocycles. The number of carbonyl (C=O) groups is 1. The van der Waals surface area contributed by atoms with E-state index in [-0.39, 0.29) is 5.78 Å². The van der Waals surface area contributed by atoms with Crippen LogP contribution in [0.5, 0.6) is 0 Å². The van der Waals surface area contributed by atoms with Gasteiger partial charge >= 0.3 is 0 Å². The maximum Gasteiger partial charge on any atom is 0.160 e. The topological polar surface area (TPSA) is 26.3 Å². The largest absolute Gasteiger partial charge is 0.381 e. The van der Waals surface area contributed by atoms with Crippen LogP contribution in [0.4, 0.5) is 0 Å². The quantitative estimate of drug-likeness (QED) is 0.707. The lowest BCUT2D eigenvalue weighted by molar-refractivity contribution is 0.101. The number of ketones is 1. The third-order valence-electron chi connectivity index (χ3n) is 2.93. The van der Waals surface area contributed by atoms with E-state index in [9.17, 15) is 4.79 Å². The highest BCUT2D eigenvalue weighted by atomic mass is 16.5. The van der Waals surface area contributed by atoms with Crippen LogP contribution in [0.15, 0.2) is 24.3 Å². The Bertz CT molecular complexity index is 351. The average Bonchev–Trinajstić information content (AvgIpc) is 2.71. The van der Waals surface area contributed by atoms with E-state index in [1.54, 1.807) is 6.92 Å². The summed E-state index contributed by atoms with van der Waals surface area (Å²) in [4.78, 5) is 11.4. The van der Waals surface area contributed by atoms with E-state index in [4.69, 9.17) is 4.74 Å². The van der Waals surface area contributed by atoms with Crippen molar-refractivity contribution in [1.29, 1.82) is 0 Å². The van der Waals surface area contributed by atoms with Crippen molar-refractivity contribution >= 4 is 5.78 Å². The molecule has 15 heavy (non-hydrogen) atoms. The number of carbonyl (C=O) groups excluding carboxylic acids is 1. The van der Waals surface area contributed by atoms with E-state index in [0.717, 1.165) is 31.6 Å². The first-order chi connectivity index (χ1) is 7.27. The van der Waals surface area contributed by atoms with Gasteiger partial charge in [-0.3, -0.25) is 4.79 Å². The van der Waals surface area contributed by atoms with Gasteiger partial charge in [-0.2, -0.15) is 0 Å². The van der Waals surface area contributed by atoms with E-state index in [0.29, 0.717) is 5.92 Å². The second-order valence-corrected chi connectivity index (χ2v) is 4.15. The highest BCUT2D eigenvalue weighted by Crippen LogP contribution is 2.20. The summed E-state index contributed by atoms with van der Waals surface area (Å²) in [5, 5.41) is 0. The fourth-order valence-corrected chi connectivity index (χ4v) is 2.10. The highest BCUT2D eigenvalue weighted by molar-refractivity contribution is 5.95. The maximum absolute atomic E-state index is 11.4. The van der Waals surface area contributed by atoms with E-state index < -0.39 is 0 Å². The van der Waals surface area contributed by atoms with Crippen LogP contribution in [0.2, 0.25) is 0 Å². The van der Waals surface area contributed by atoms with Crippen LogP contribution in [-0.2, 0) is 11.2 Å². The molecule has 2 nitrogen and oxygen atoms in total. The molecule has 0 spiro atoms. The van der Waals surface area contributed by atoms with Crippen LogP contribution in [0.3, 0.4) is 0 Å². The standard InChI is InChI=1S/C13H16O2/c1-10(14)13-5-3-2-4-12(13)8-11-6-7-15-9-11/h2-5,11H,6-9H2,1H3. The van der Waals surface area contributed by atoms with Crippen molar-refractivity contribution in [3.05, 3.63) is 35.4 Å². The summed E-state index contributed by atoms with van der Waals surface area (Å²) in [5.74, 6) is 0.745. The molecule has 0 amide bonds. The number of benzene rings is 1. The van der Waals surface area contributed by atoms with Crippen molar-refractivity contribution in [1.82, 2.24) is 0 Å². The van der Waals surface area contributed by atoms with Crippen LogP contribution in [0.25, 0.3) is 0 Å². The molecular weight excluding hydrogens is 188 g/mol. The molecule has 1 unspecified atom stereocenters. The van der Waals surface area contributed by atoms with Gasteiger partial charge in [0, 0.05) is 18.8 Å². The average molecular weight is 204 g/mol. The van der Waals surface area contributed by atoms with Gasteiger partial charge in [-0.1, -0.05) is 24.3 Å². The molecule has 0 aromatic heterocycles. The summed E-state index contributed by atoms with van der Waals surface area (Å²) in [6.07, 6.45) is 2.09. The molecule has 1 aromatic rings. The van der Waals surface area contributed by atoms with Gasteiger partial charge < -0.3 is 4.74 Å². The molecule has 1 atom stereocenters. The summed E-state index contributed by atoms with van der Waals surface area (Å²) in [7, 11) is 0. The summed E-state index contributed by atoms with van der Waals surface area (Å²) in [5.41, 5.74) is 2.03. The smallest absolute Gasteiger partial charge is 0.160 e. The van der Waals surface area contributed by atoms with Gasteiger partial charge in [-0.15, -0.1) is 0 Å². The Hall–Kier alpha value is -1.15. The third-order valence-corrected chi connectivity index (χ3v) is 2.93. The molecule has 0 radical (unpaired) electrons. The second kappa shape index (κ2) is 4.58. The zero-order valence-corrected chi connectivity index (χ0v) is 9.03. The number of ether oxygens (including phenoxy) is 1. The minimum Gasteiger partial charge on any atom is -0.381 e. The Balaban J connectivity index is 2.15. The predicted octanol–water partition coefficient (Wildman–Crippen LogP) is 2.47. The molecule has 1 fully saturated rings. The number of hydrogen-bond donors (Lipinski definition) is 0.